The smallest absolute Gasteiger partial charge is 0.0482 e. The maximum atomic E-state index is 8.34. The van der Waals surface area contributed by atoms with Gasteiger partial charge in [0.2, 0.25) is 0 Å². The van der Waals surface area contributed by atoms with E-state index in [0.29, 0.717) is 18.1 Å². The molecule has 1 saturated heterocycles. The second kappa shape index (κ2) is 8.41. The lowest BCUT2D eigenvalue weighted by molar-refractivity contribution is 0.763. The molecule has 0 aromatic heterocycles. The zero-order valence-corrected chi connectivity index (χ0v) is 16.3. The molecule has 1 unspecified atom stereocenters. The first kappa shape index (κ1) is 18.5. The topological polar surface area (TPSA) is 47.9 Å². The first-order valence-corrected chi connectivity index (χ1v) is 10.1. The molecule has 1 aliphatic heterocycles. The van der Waals surface area contributed by atoms with Gasteiger partial charge in [-0.2, -0.15) is 0 Å². The Morgan fingerprint density at radius 1 is 1.00 bits per heavy atom. The highest BCUT2D eigenvalue weighted by Gasteiger charge is 2.16. The highest BCUT2D eigenvalue weighted by molar-refractivity contribution is 6.04. The molecule has 0 amide bonds. The van der Waals surface area contributed by atoms with E-state index in [0.717, 1.165) is 30.0 Å². The fourth-order valence-corrected chi connectivity index (χ4v) is 3.84. The molecule has 3 nitrogen and oxygen atoms in total. The molecule has 0 spiro atoms. The van der Waals surface area contributed by atoms with Gasteiger partial charge in [0.25, 0.3) is 0 Å². The Hall–Kier alpha value is -2.91. The highest BCUT2D eigenvalue weighted by Crippen LogP contribution is 2.30. The lowest BCUT2D eigenvalue weighted by Gasteiger charge is -2.15. The SMILES string of the molecule is CCC(=N)c1ccc(-c2ccc(C3CCNC3)cc2)cc1Nc1ccccc1. The highest BCUT2D eigenvalue weighted by atomic mass is 14.9. The Morgan fingerprint density at radius 3 is 2.43 bits per heavy atom. The Morgan fingerprint density at radius 2 is 1.75 bits per heavy atom. The predicted octanol–water partition coefficient (Wildman–Crippen LogP) is 5.95. The number of hydrogen-bond acceptors (Lipinski definition) is 3. The fraction of sp³-hybridized carbons (Fsp3) is 0.240. The van der Waals surface area contributed by atoms with Gasteiger partial charge in [-0.05, 0) is 60.2 Å². The molecule has 0 bridgehead atoms. The standard InChI is InChI=1S/C25H27N3/c1-2-24(26)23-13-12-20(16-25(23)28-22-6-4-3-5-7-22)18-8-10-19(11-9-18)21-14-15-27-17-21/h3-13,16,21,26-28H,2,14-15,17H2,1H3. The van der Waals surface area contributed by atoms with Crippen LogP contribution in [0.3, 0.4) is 0 Å². The van der Waals surface area contributed by atoms with Crippen molar-refractivity contribution in [2.75, 3.05) is 18.4 Å². The number of anilines is 2. The van der Waals surface area contributed by atoms with Crippen molar-refractivity contribution in [3.05, 3.63) is 83.9 Å². The molecule has 1 fully saturated rings. The molecular formula is C25H27N3. The molecule has 142 valence electrons. The molecule has 3 heteroatoms. The van der Waals surface area contributed by atoms with Crippen LogP contribution in [0.25, 0.3) is 11.1 Å². The summed E-state index contributed by atoms with van der Waals surface area (Å²) < 4.78 is 0. The lowest BCUT2D eigenvalue weighted by atomic mass is 9.94. The summed E-state index contributed by atoms with van der Waals surface area (Å²) >= 11 is 0. The Labute approximate surface area is 167 Å². The Balaban J connectivity index is 1.65. The monoisotopic (exact) mass is 369 g/mol. The molecule has 3 N–H and O–H groups in total. The minimum Gasteiger partial charge on any atom is -0.355 e. The quantitative estimate of drug-likeness (QED) is 0.470. The number of nitrogens with one attached hydrogen (secondary N) is 3. The van der Waals surface area contributed by atoms with Crippen molar-refractivity contribution in [3.8, 4) is 11.1 Å². The van der Waals surface area contributed by atoms with Gasteiger partial charge in [-0.3, -0.25) is 0 Å². The van der Waals surface area contributed by atoms with E-state index in [2.05, 4.69) is 65.2 Å². The minimum absolute atomic E-state index is 0.636. The van der Waals surface area contributed by atoms with Crippen molar-refractivity contribution in [2.45, 2.75) is 25.7 Å². The van der Waals surface area contributed by atoms with Crippen LogP contribution in [0, 0.1) is 5.41 Å². The molecule has 3 aromatic carbocycles. The summed E-state index contributed by atoms with van der Waals surface area (Å²) in [7, 11) is 0. The summed E-state index contributed by atoms with van der Waals surface area (Å²) in [4.78, 5) is 0. The van der Waals surface area contributed by atoms with Crippen molar-refractivity contribution >= 4 is 17.1 Å². The van der Waals surface area contributed by atoms with Gasteiger partial charge in [-0.25, -0.2) is 0 Å². The molecule has 1 heterocycles. The third-order valence-corrected chi connectivity index (χ3v) is 5.53. The van der Waals surface area contributed by atoms with E-state index in [4.69, 9.17) is 5.41 Å². The Kier molecular flexibility index (Phi) is 5.54. The second-order valence-electron chi connectivity index (χ2n) is 7.40. The molecule has 0 aliphatic carbocycles. The first-order valence-electron chi connectivity index (χ1n) is 10.1. The van der Waals surface area contributed by atoms with Crippen LogP contribution in [0.5, 0.6) is 0 Å². The van der Waals surface area contributed by atoms with Crippen LogP contribution in [0.15, 0.2) is 72.8 Å². The third-order valence-electron chi connectivity index (χ3n) is 5.53. The minimum atomic E-state index is 0.636. The summed E-state index contributed by atoms with van der Waals surface area (Å²) in [6.45, 7) is 4.23. The van der Waals surface area contributed by atoms with Crippen molar-refractivity contribution in [2.24, 2.45) is 0 Å². The van der Waals surface area contributed by atoms with Crippen LogP contribution in [-0.2, 0) is 0 Å². The maximum Gasteiger partial charge on any atom is 0.0482 e. The van der Waals surface area contributed by atoms with E-state index in [1.54, 1.807) is 0 Å². The van der Waals surface area contributed by atoms with Gasteiger partial charge in [0.15, 0.2) is 0 Å². The first-order chi connectivity index (χ1) is 13.7. The maximum absolute atomic E-state index is 8.34. The van der Waals surface area contributed by atoms with Gasteiger partial charge < -0.3 is 16.0 Å². The van der Waals surface area contributed by atoms with Crippen molar-refractivity contribution < 1.29 is 0 Å². The van der Waals surface area contributed by atoms with E-state index in [1.165, 1.54) is 23.1 Å². The van der Waals surface area contributed by atoms with Gasteiger partial charge in [0, 0.05) is 29.2 Å². The van der Waals surface area contributed by atoms with Gasteiger partial charge in [-0.15, -0.1) is 0 Å². The van der Waals surface area contributed by atoms with Crippen LogP contribution in [0.4, 0.5) is 11.4 Å². The average molecular weight is 370 g/mol. The number of para-hydroxylation sites is 1. The molecule has 0 radical (unpaired) electrons. The zero-order chi connectivity index (χ0) is 19.3. The van der Waals surface area contributed by atoms with Crippen LogP contribution in [0.2, 0.25) is 0 Å². The molecule has 4 rings (SSSR count). The fourth-order valence-electron chi connectivity index (χ4n) is 3.84. The van der Waals surface area contributed by atoms with E-state index in [-0.39, 0.29) is 0 Å². The van der Waals surface area contributed by atoms with Crippen LogP contribution < -0.4 is 10.6 Å². The van der Waals surface area contributed by atoms with Gasteiger partial charge in [-0.1, -0.05) is 61.5 Å². The molecule has 1 atom stereocenters. The zero-order valence-electron chi connectivity index (χ0n) is 16.3. The van der Waals surface area contributed by atoms with E-state index in [9.17, 15) is 0 Å². The van der Waals surface area contributed by atoms with Crippen LogP contribution in [-0.4, -0.2) is 18.8 Å². The van der Waals surface area contributed by atoms with E-state index >= 15 is 0 Å². The molecular weight excluding hydrogens is 342 g/mol. The normalized spacial score (nSPS) is 16.1. The van der Waals surface area contributed by atoms with Gasteiger partial charge >= 0.3 is 0 Å². The summed E-state index contributed by atoms with van der Waals surface area (Å²) in [6, 6.07) is 25.5. The predicted molar refractivity (Wildman–Crippen MR) is 119 cm³/mol. The van der Waals surface area contributed by atoms with Crippen LogP contribution >= 0.6 is 0 Å². The van der Waals surface area contributed by atoms with Crippen molar-refractivity contribution in [1.82, 2.24) is 5.32 Å². The molecule has 28 heavy (non-hydrogen) atoms. The summed E-state index contributed by atoms with van der Waals surface area (Å²) in [5.41, 5.74) is 7.43. The van der Waals surface area contributed by atoms with Gasteiger partial charge in [0.1, 0.15) is 0 Å². The summed E-state index contributed by atoms with van der Waals surface area (Å²) in [5.74, 6) is 0.636. The molecule has 1 aliphatic rings. The van der Waals surface area contributed by atoms with Crippen molar-refractivity contribution in [1.29, 1.82) is 5.41 Å². The number of hydrogen-bond donors (Lipinski definition) is 3. The van der Waals surface area contributed by atoms with E-state index in [1.807, 2.05) is 25.1 Å². The number of rotatable bonds is 6. The molecule has 3 aromatic rings. The lowest BCUT2D eigenvalue weighted by Crippen LogP contribution is -2.07. The second-order valence-corrected chi connectivity index (χ2v) is 7.40. The largest absolute Gasteiger partial charge is 0.355 e. The van der Waals surface area contributed by atoms with Crippen molar-refractivity contribution in [3.63, 3.8) is 0 Å². The van der Waals surface area contributed by atoms with Gasteiger partial charge in [0.05, 0.1) is 0 Å². The Bertz CT molecular complexity index is 939. The number of benzene rings is 3. The third kappa shape index (κ3) is 4.00. The summed E-state index contributed by atoms with van der Waals surface area (Å²) in [6.07, 6.45) is 1.94. The average Bonchev–Trinajstić information content (AvgIpc) is 3.29. The van der Waals surface area contributed by atoms with Crippen LogP contribution in [0.1, 0.15) is 36.8 Å². The van der Waals surface area contributed by atoms with E-state index < -0.39 is 0 Å². The summed E-state index contributed by atoms with van der Waals surface area (Å²) in [5, 5.41) is 15.3. The molecule has 0 saturated carbocycles.